The molecule has 2 rings (SSSR count). The van der Waals surface area contributed by atoms with Gasteiger partial charge in [-0.25, -0.2) is 4.39 Å². The minimum absolute atomic E-state index is 0.106. The third-order valence-corrected chi connectivity index (χ3v) is 2.15. The Labute approximate surface area is 83.1 Å². The van der Waals surface area contributed by atoms with Crippen molar-refractivity contribution in [3.05, 3.63) is 47.8 Å². The molecule has 0 unspecified atom stereocenters. The van der Waals surface area contributed by atoms with Crippen LogP contribution in [0.5, 0.6) is 0 Å². The second-order valence-corrected chi connectivity index (χ2v) is 3.17. The highest BCUT2D eigenvalue weighted by Gasteiger charge is 2.32. The number of fused-ring (bicyclic) bond motifs is 1. The third-order valence-electron chi connectivity index (χ3n) is 2.15. The van der Waals surface area contributed by atoms with Crippen molar-refractivity contribution in [2.75, 3.05) is 0 Å². The first-order valence-corrected chi connectivity index (χ1v) is 4.24. The highest BCUT2D eigenvalue weighted by atomic mass is 19.4. The summed E-state index contributed by atoms with van der Waals surface area (Å²) < 4.78 is 50.4. The maximum Gasteiger partial charge on any atom is 0.417 e. The van der Waals surface area contributed by atoms with Crippen LogP contribution < -0.4 is 0 Å². The average molecular weight is 214 g/mol. The van der Waals surface area contributed by atoms with Crippen LogP contribution >= 0.6 is 0 Å². The lowest BCUT2D eigenvalue weighted by atomic mass is 10.0. The van der Waals surface area contributed by atoms with Gasteiger partial charge in [-0.05, 0) is 29.0 Å². The fraction of sp³-hybridized carbons (Fsp3) is 0.0909. The van der Waals surface area contributed by atoms with Gasteiger partial charge in [-0.3, -0.25) is 0 Å². The predicted molar refractivity (Wildman–Crippen MR) is 48.9 cm³/mol. The largest absolute Gasteiger partial charge is 0.417 e. The molecule has 15 heavy (non-hydrogen) atoms. The lowest BCUT2D eigenvalue weighted by molar-refractivity contribution is -0.136. The summed E-state index contributed by atoms with van der Waals surface area (Å²) in [5.41, 5.74) is -0.806. The molecule has 2 aromatic carbocycles. The smallest absolute Gasteiger partial charge is 0.207 e. The van der Waals surface area contributed by atoms with E-state index >= 15 is 0 Å². The molecule has 0 N–H and O–H groups in total. The Morgan fingerprint density at radius 3 is 2.33 bits per heavy atom. The fourth-order valence-electron chi connectivity index (χ4n) is 1.49. The van der Waals surface area contributed by atoms with Crippen molar-refractivity contribution >= 4 is 10.8 Å². The average Bonchev–Trinajstić information content (AvgIpc) is 2.15. The number of benzene rings is 2. The Morgan fingerprint density at radius 2 is 1.67 bits per heavy atom. The molecule has 0 atom stereocenters. The molecule has 0 heterocycles. The summed E-state index contributed by atoms with van der Waals surface area (Å²) in [4.78, 5) is 0. The molecule has 0 amide bonds. The van der Waals surface area contributed by atoms with E-state index in [0.717, 1.165) is 18.2 Å². The van der Waals surface area contributed by atoms with Crippen LogP contribution in [0.3, 0.4) is 0 Å². The van der Waals surface area contributed by atoms with E-state index in [4.69, 9.17) is 0 Å². The summed E-state index contributed by atoms with van der Waals surface area (Å²) in [6.07, 6.45) is -4.45. The summed E-state index contributed by atoms with van der Waals surface area (Å²) in [5, 5.41) is 0.274. The Kier molecular flexibility index (Phi) is 2.14. The zero-order chi connectivity index (χ0) is 11.1. The van der Waals surface area contributed by atoms with Crippen LogP contribution in [0.2, 0.25) is 0 Å². The zero-order valence-electron chi connectivity index (χ0n) is 7.48. The van der Waals surface area contributed by atoms with Gasteiger partial charge in [-0.1, -0.05) is 18.2 Å². The van der Waals surface area contributed by atoms with Crippen molar-refractivity contribution in [1.29, 1.82) is 0 Å². The first kappa shape index (κ1) is 9.96. The first-order chi connectivity index (χ1) is 6.98. The highest BCUT2D eigenvalue weighted by Crippen LogP contribution is 2.34. The molecule has 0 aliphatic heterocycles. The highest BCUT2D eigenvalue weighted by molar-refractivity contribution is 5.86. The van der Waals surface area contributed by atoms with Crippen molar-refractivity contribution in [2.24, 2.45) is 0 Å². The number of rotatable bonds is 0. The quantitative estimate of drug-likeness (QED) is 0.581. The van der Waals surface area contributed by atoms with Gasteiger partial charge in [0.1, 0.15) is 5.82 Å². The number of hydrogen-bond donors (Lipinski definition) is 0. The maximum atomic E-state index is 12.8. The number of hydrogen-bond acceptors (Lipinski definition) is 0. The zero-order valence-corrected chi connectivity index (χ0v) is 7.48. The molecular formula is C11H6F4. The molecule has 4 heteroatoms. The van der Waals surface area contributed by atoms with Crippen LogP contribution in [0.1, 0.15) is 5.56 Å². The van der Waals surface area contributed by atoms with E-state index in [2.05, 4.69) is 0 Å². The Hall–Kier alpha value is -1.58. The van der Waals surface area contributed by atoms with Gasteiger partial charge in [0.05, 0.1) is 5.56 Å². The summed E-state index contributed by atoms with van der Waals surface area (Å²) in [5.74, 6) is -0.667. The third kappa shape index (κ3) is 1.79. The first-order valence-electron chi connectivity index (χ1n) is 4.24. The summed E-state index contributed by atoms with van der Waals surface area (Å²) in [7, 11) is 0. The van der Waals surface area contributed by atoms with Crippen LogP contribution in [-0.4, -0.2) is 0 Å². The molecule has 0 spiro atoms. The van der Waals surface area contributed by atoms with Crippen LogP contribution in [0.4, 0.5) is 17.6 Å². The van der Waals surface area contributed by atoms with Crippen LogP contribution in [-0.2, 0) is 6.18 Å². The lowest BCUT2D eigenvalue weighted by Gasteiger charge is -2.09. The summed E-state index contributed by atoms with van der Waals surface area (Å²) in [6.45, 7) is 0. The SMILES string of the molecule is Fc1ccc2cccc(C(F)(F)F)c2c1. The van der Waals surface area contributed by atoms with E-state index in [-0.39, 0.29) is 5.39 Å². The van der Waals surface area contributed by atoms with Crippen LogP contribution in [0, 0.1) is 5.82 Å². The molecule has 2 aromatic rings. The molecule has 0 nitrogen and oxygen atoms in total. The van der Waals surface area contributed by atoms with Gasteiger partial charge < -0.3 is 0 Å². The molecule has 0 aliphatic carbocycles. The van der Waals surface area contributed by atoms with Crippen LogP contribution in [0.25, 0.3) is 10.8 Å². The molecule has 78 valence electrons. The van der Waals surface area contributed by atoms with Crippen molar-refractivity contribution < 1.29 is 17.6 Å². The van der Waals surface area contributed by atoms with E-state index in [1.165, 1.54) is 18.2 Å². The van der Waals surface area contributed by atoms with E-state index in [1.807, 2.05) is 0 Å². The minimum Gasteiger partial charge on any atom is -0.207 e. The van der Waals surface area contributed by atoms with E-state index < -0.39 is 17.6 Å². The molecule has 0 fully saturated rings. The van der Waals surface area contributed by atoms with Crippen molar-refractivity contribution in [1.82, 2.24) is 0 Å². The second-order valence-electron chi connectivity index (χ2n) is 3.17. The normalized spacial score (nSPS) is 12.0. The van der Waals surface area contributed by atoms with Gasteiger partial charge in [0, 0.05) is 0 Å². The van der Waals surface area contributed by atoms with Gasteiger partial charge in [-0.15, -0.1) is 0 Å². The monoisotopic (exact) mass is 214 g/mol. The van der Waals surface area contributed by atoms with E-state index in [9.17, 15) is 17.6 Å². The predicted octanol–water partition coefficient (Wildman–Crippen LogP) is 4.00. The maximum absolute atomic E-state index is 12.8. The van der Waals surface area contributed by atoms with Crippen molar-refractivity contribution in [2.45, 2.75) is 6.18 Å². The molecule has 0 aromatic heterocycles. The minimum atomic E-state index is -4.45. The van der Waals surface area contributed by atoms with Gasteiger partial charge in [0.25, 0.3) is 0 Å². The molecule has 0 saturated carbocycles. The molecule has 0 aliphatic rings. The lowest BCUT2D eigenvalue weighted by Crippen LogP contribution is -2.05. The Morgan fingerprint density at radius 1 is 0.933 bits per heavy atom. The van der Waals surface area contributed by atoms with E-state index in [0.29, 0.717) is 5.39 Å². The summed E-state index contributed by atoms with van der Waals surface area (Å²) in [6, 6.07) is 7.15. The van der Waals surface area contributed by atoms with E-state index in [1.54, 1.807) is 0 Å². The van der Waals surface area contributed by atoms with Crippen molar-refractivity contribution in [3.8, 4) is 0 Å². The van der Waals surface area contributed by atoms with Gasteiger partial charge >= 0.3 is 6.18 Å². The second kappa shape index (κ2) is 3.22. The summed E-state index contributed by atoms with van der Waals surface area (Å²) >= 11 is 0. The van der Waals surface area contributed by atoms with Crippen LogP contribution in [0.15, 0.2) is 36.4 Å². The van der Waals surface area contributed by atoms with Gasteiger partial charge in [0.15, 0.2) is 0 Å². The Bertz CT molecular complexity index is 499. The van der Waals surface area contributed by atoms with Crippen molar-refractivity contribution in [3.63, 3.8) is 0 Å². The Balaban J connectivity index is 2.80. The fourth-order valence-corrected chi connectivity index (χ4v) is 1.49. The number of alkyl halides is 3. The molecule has 0 radical (unpaired) electrons. The molecular weight excluding hydrogens is 208 g/mol. The molecule has 0 saturated heterocycles. The topological polar surface area (TPSA) is 0 Å². The molecule has 0 bridgehead atoms. The number of halogens is 4. The van der Waals surface area contributed by atoms with Gasteiger partial charge in [-0.2, -0.15) is 13.2 Å². The standard InChI is InChI=1S/C11H6F4/c12-8-5-4-7-2-1-3-10(9(7)6-8)11(13,14)15/h1-6H. The van der Waals surface area contributed by atoms with Gasteiger partial charge in [0.2, 0.25) is 0 Å².